The van der Waals surface area contributed by atoms with Crippen molar-refractivity contribution in [3.05, 3.63) is 27.5 Å². The molecule has 1 aromatic carbocycles. The van der Waals surface area contributed by atoms with E-state index in [1.54, 1.807) is 17.5 Å². The Bertz CT molecular complexity index is 476. The molecule has 0 atom stereocenters. The Morgan fingerprint density at radius 3 is 2.92 bits per heavy atom. The van der Waals surface area contributed by atoms with Crippen molar-refractivity contribution in [3.63, 3.8) is 0 Å². The fraction of sp³-hybridized carbons (Fsp3) is 0. The lowest BCUT2D eigenvalue weighted by atomic mass is 10.2. The summed E-state index contributed by atoms with van der Waals surface area (Å²) in [5.41, 5.74) is 0.606. The zero-order chi connectivity index (χ0) is 9.42. The molecule has 2 aromatic rings. The number of carbonyl (C=O) groups excluding carboxylic acids is 1. The smallest absolute Gasteiger partial charge is 0.151 e. The highest BCUT2D eigenvalue weighted by molar-refractivity contribution is 9.10. The molecule has 66 valence electrons. The molecule has 4 heteroatoms. The normalized spacial score (nSPS) is 10.5. The molecule has 0 spiro atoms. The standard InChI is InChI=1S/C9H5BrO2S/c10-8-5(3-11)1-2-6-7(12)4-13-9(6)8/h1-4,12H. The van der Waals surface area contributed by atoms with Crippen LogP contribution < -0.4 is 0 Å². The van der Waals surface area contributed by atoms with Gasteiger partial charge in [0.05, 0.1) is 4.70 Å². The Labute approximate surface area is 86.9 Å². The number of hydrogen-bond donors (Lipinski definition) is 1. The minimum absolute atomic E-state index is 0.262. The summed E-state index contributed by atoms with van der Waals surface area (Å²) in [6.07, 6.45) is 0.792. The van der Waals surface area contributed by atoms with Crippen LogP contribution >= 0.6 is 27.3 Å². The molecule has 0 fully saturated rings. The maximum absolute atomic E-state index is 10.6. The predicted molar refractivity (Wildman–Crippen MR) is 56.6 cm³/mol. The molecule has 2 nitrogen and oxygen atoms in total. The van der Waals surface area contributed by atoms with E-state index in [0.717, 1.165) is 20.8 Å². The zero-order valence-electron chi connectivity index (χ0n) is 6.45. The highest BCUT2D eigenvalue weighted by atomic mass is 79.9. The van der Waals surface area contributed by atoms with Crippen molar-refractivity contribution < 1.29 is 9.90 Å². The molecule has 0 unspecified atom stereocenters. The van der Waals surface area contributed by atoms with E-state index in [9.17, 15) is 9.90 Å². The molecule has 1 heterocycles. The molecule has 0 radical (unpaired) electrons. The predicted octanol–water partition coefficient (Wildman–Crippen LogP) is 3.18. The molecule has 0 amide bonds. The van der Waals surface area contributed by atoms with Gasteiger partial charge in [-0.15, -0.1) is 11.3 Å². The average Bonchev–Trinajstić information content (AvgIpc) is 2.50. The van der Waals surface area contributed by atoms with Crippen LogP contribution in [0.3, 0.4) is 0 Å². The van der Waals surface area contributed by atoms with Crippen molar-refractivity contribution in [1.29, 1.82) is 0 Å². The topological polar surface area (TPSA) is 37.3 Å². The molecule has 0 bridgehead atoms. The Kier molecular flexibility index (Phi) is 2.09. The van der Waals surface area contributed by atoms with E-state index < -0.39 is 0 Å². The van der Waals surface area contributed by atoms with E-state index in [1.807, 2.05) is 0 Å². The van der Waals surface area contributed by atoms with E-state index in [-0.39, 0.29) is 5.75 Å². The highest BCUT2D eigenvalue weighted by Gasteiger charge is 2.08. The molecule has 0 aliphatic carbocycles. The van der Waals surface area contributed by atoms with Crippen LogP contribution in [0.5, 0.6) is 5.75 Å². The van der Waals surface area contributed by atoms with Gasteiger partial charge in [-0.3, -0.25) is 4.79 Å². The number of aldehydes is 1. The van der Waals surface area contributed by atoms with Crippen molar-refractivity contribution in [2.24, 2.45) is 0 Å². The fourth-order valence-electron chi connectivity index (χ4n) is 1.16. The van der Waals surface area contributed by atoms with E-state index in [4.69, 9.17) is 0 Å². The average molecular weight is 257 g/mol. The maximum atomic E-state index is 10.6. The Balaban J connectivity index is 2.87. The number of hydrogen-bond acceptors (Lipinski definition) is 3. The second kappa shape index (κ2) is 3.12. The highest BCUT2D eigenvalue weighted by Crippen LogP contribution is 2.37. The van der Waals surface area contributed by atoms with Gasteiger partial charge in [0.2, 0.25) is 0 Å². The molecule has 1 N–H and O–H groups in total. The van der Waals surface area contributed by atoms with Gasteiger partial charge < -0.3 is 5.11 Å². The van der Waals surface area contributed by atoms with Crippen LogP contribution in [0.25, 0.3) is 10.1 Å². The van der Waals surface area contributed by atoms with E-state index >= 15 is 0 Å². The molecule has 0 aliphatic rings. The second-order valence-electron chi connectivity index (χ2n) is 2.58. The Hall–Kier alpha value is -0.870. The largest absolute Gasteiger partial charge is 0.506 e. The van der Waals surface area contributed by atoms with E-state index in [1.165, 1.54) is 11.3 Å². The molecule has 13 heavy (non-hydrogen) atoms. The van der Waals surface area contributed by atoms with Crippen molar-refractivity contribution >= 4 is 43.6 Å². The summed E-state index contributed by atoms with van der Waals surface area (Å²) in [4.78, 5) is 10.6. The minimum Gasteiger partial charge on any atom is -0.506 e. The van der Waals surface area contributed by atoms with Gasteiger partial charge in [0, 0.05) is 20.8 Å². The molecular weight excluding hydrogens is 252 g/mol. The summed E-state index contributed by atoms with van der Waals surface area (Å²) < 4.78 is 1.66. The molecule has 2 rings (SSSR count). The van der Waals surface area contributed by atoms with Gasteiger partial charge in [-0.2, -0.15) is 0 Å². The summed E-state index contributed by atoms with van der Waals surface area (Å²) in [5, 5.41) is 11.8. The van der Waals surface area contributed by atoms with Crippen LogP contribution in [0.1, 0.15) is 10.4 Å². The first kappa shape index (κ1) is 8.72. The first-order valence-electron chi connectivity index (χ1n) is 3.58. The van der Waals surface area contributed by atoms with Gasteiger partial charge in [0.25, 0.3) is 0 Å². The Morgan fingerprint density at radius 2 is 2.23 bits per heavy atom. The van der Waals surface area contributed by atoms with Gasteiger partial charge in [-0.1, -0.05) is 0 Å². The first-order chi connectivity index (χ1) is 6.24. The number of rotatable bonds is 1. The monoisotopic (exact) mass is 256 g/mol. The van der Waals surface area contributed by atoms with Crippen LogP contribution in [0.2, 0.25) is 0 Å². The number of aromatic hydroxyl groups is 1. The van der Waals surface area contributed by atoms with Crippen LogP contribution in [-0.4, -0.2) is 11.4 Å². The lowest BCUT2D eigenvalue weighted by Crippen LogP contribution is -1.80. The maximum Gasteiger partial charge on any atom is 0.151 e. The number of thiophene rings is 1. The van der Waals surface area contributed by atoms with Crippen LogP contribution in [0, 0.1) is 0 Å². The molecule has 0 saturated carbocycles. The van der Waals surface area contributed by atoms with Gasteiger partial charge in [-0.25, -0.2) is 0 Å². The number of carbonyl (C=O) groups is 1. The molecule has 0 aliphatic heterocycles. The van der Waals surface area contributed by atoms with Crippen molar-refractivity contribution in [2.45, 2.75) is 0 Å². The zero-order valence-corrected chi connectivity index (χ0v) is 8.85. The number of halogens is 1. The SMILES string of the molecule is O=Cc1ccc2c(O)csc2c1Br. The third-order valence-corrected chi connectivity index (χ3v) is 3.94. The Morgan fingerprint density at radius 1 is 1.46 bits per heavy atom. The summed E-state index contributed by atoms with van der Waals surface area (Å²) in [7, 11) is 0. The van der Waals surface area contributed by atoms with Gasteiger partial charge >= 0.3 is 0 Å². The second-order valence-corrected chi connectivity index (χ2v) is 4.26. The minimum atomic E-state index is 0.262. The van der Waals surface area contributed by atoms with Crippen LogP contribution in [0.4, 0.5) is 0 Å². The third-order valence-electron chi connectivity index (χ3n) is 1.82. The summed E-state index contributed by atoms with van der Waals surface area (Å²) in [6, 6.07) is 3.43. The molecule has 1 aromatic heterocycles. The quantitative estimate of drug-likeness (QED) is 0.796. The lowest BCUT2D eigenvalue weighted by Gasteiger charge is -1.97. The van der Waals surface area contributed by atoms with Crippen molar-refractivity contribution in [1.82, 2.24) is 0 Å². The molecular formula is C9H5BrO2S. The van der Waals surface area contributed by atoms with Gasteiger partial charge in [-0.05, 0) is 28.1 Å². The summed E-state index contributed by atoms with van der Waals surface area (Å²) in [6.45, 7) is 0. The lowest BCUT2D eigenvalue weighted by molar-refractivity contribution is 0.112. The van der Waals surface area contributed by atoms with E-state index in [0.29, 0.717) is 5.56 Å². The third kappa shape index (κ3) is 1.26. The fourth-order valence-corrected chi connectivity index (χ4v) is 2.75. The summed E-state index contributed by atoms with van der Waals surface area (Å²) >= 11 is 4.74. The van der Waals surface area contributed by atoms with Crippen LogP contribution in [0.15, 0.2) is 22.0 Å². The van der Waals surface area contributed by atoms with Gasteiger partial charge in [0.1, 0.15) is 5.75 Å². The first-order valence-corrected chi connectivity index (χ1v) is 5.25. The number of fused-ring (bicyclic) bond motifs is 1. The van der Waals surface area contributed by atoms with E-state index in [2.05, 4.69) is 15.9 Å². The summed E-state index contributed by atoms with van der Waals surface area (Å²) in [5.74, 6) is 0.262. The van der Waals surface area contributed by atoms with Crippen molar-refractivity contribution in [2.75, 3.05) is 0 Å². The van der Waals surface area contributed by atoms with Gasteiger partial charge in [0.15, 0.2) is 6.29 Å². The van der Waals surface area contributed by atoms with Crippen molar-refractivity contribution in [3.8, 4) is 5.75 Å². The number of benzene rings is 1. The van der Waals surface area contributed by atoms with Crippen LogP contribution in [-0.2, 0) is 0 Å². The molecule has 0 saturated heterocycles.